The molecule has 1 amide bonds. The predicted molar refractivity (Wildman–Crippen MR) is 98.2 cm³/mol. The predicted octanol–water partition coefficient (Wildman–Crippen LogP) is 3.53. The van der Waals surface area contributed by atoms with Gasteiger partial charge in [0.2, 0.25) is 5.91 Å². The van der Waals surface area contributed by atoms with E-state index in [4.69, 9.17) is 9.47 Å². The van der Waals surface area contributed by atoms with Crippen molar-refractivity contribution in [2.45, 2.75) is 19.6 Å². The van der Waals surface area contributed by atoms with Crippen LogP contribution in [0, 0.1) is 0 Å². The van der Waals surface area contributed by atoms with Gasteiger partial charge in [-0.25, -0.2) is 0 Å². The third kappa shape index (κ3) is 5.19. The van der Waals surface area contributed by atoms with Crippen molar-refractivity contribution in [1.82, 2.24) is 4.90 Å². The van der Waals surface area contributed by atoms with Crippen LogP contribution in [0.5, 0.6) is 5.75 Å². The van der Waals surface area contributed by atoms with Crippen molar-refractivity contribution in [2.24, 2.45) is 0 Å². The summed E-state index contributed by atoms with van der Waals surface area (Å²) >= 11 is 0. The number of rotatable bonds is 5. The van der Waals surface area contributed by atoms with Crippen LogP contribution in [0.3, 0.4) is 0 Å². The summed E-state index contributed by atoms with van der Waals surface area (Å²) in [7, 11) is 0. The number of amides is 1. The molecule has 1 fully saturated rings. The molecule has 0 radical (unpaired) electrons. The van der Waals surface area contributed by atoms with Gasteiger partial charge < -0.3 is 14.4 Å². The second-order valence-electron chi connectivity index (χ2n) is 6.15. The van der Waals surface area contributed by atoms with E-state index in [1.807, 2.05) is 72.5 Å². The maximum Gasteiger partial charge on any atom is 0.246 e. The third-order valence-electron chi connectivity index (χ3n) is 4.08. The van der Waals surface area contributed by atoms with Crippen molar-refractivity contribution in [3.05, 3.63) is 71.8 Å². The van der Waals surface area contributed by atoms with Gasteiger partial charge in [-0.2, -0.15) is 0 Å². The highest BCUT2D eigenvalue weighted by Gasteiger charge is 2.19. The fraction of sp³-hybridized carbons (Fsp3) is 0.286. The number of carbonyl (C=O) groups excluding carboxylic acids is 1. The molecule has 1 aliphatic heterocycles. The molecule has 3 rings (SSSR count). The molecule has 2 aromatic carbocycles. The fourth-order valence-electron chi connectivity index (χ4n) is 2.74. The minimum Gasteiger partial charge on any atom is -0.489 e. The van der Waals surface area contributed by atoms with Crippen LogP contribution >= 0.6 is 0 Å². The smallest absolute Gasteiger partial charge is 0.246 e. The quantitative estimate of drug-likeness (QED) is 0.784. The molecule has 1 atom stereocenters. The van der Waals surface area contributed by atoms with Gasteiger partial charge in [0.15, 0.2) is 0 Å². The highest BCUT2D eigenvalue weighted by molar-refractivity contribution is 5.91. The Bertz CT molecular complexity index is 727. The molecule has 0 unspecified atom stereocenters. The first kappa shape index (κ1) is 17.2. The normalized spacial score (nSPS) is 17.6. The Labute approximate surface area is 148 Å². The topological polar surface area (TPSA) is 38.8 Å². The molecule has 4 heteroatoms. The molecule has 0 aliphatic carbocycles. The Morgan fingerprint density at radius 1 is 1.24 bits per heavy atom. The molecule has 4 nitrogen and oxygen atoms in total. The van der Waals surface area contributed by atoms with Crippen LogP contribution in [-0.4, -0.2) is 36.6 Å². The minimum atomic E-state index is 0.0192. The third-order valence-corrected chi connectivity index (χ3v) is 4.08. The molecule has 0 aromatic heterocycles. The largest absolute Gasteiger partial charge is 0.489 e. The van der Waals surface area contributed by atoms with Crippen LogP contribution in [0.2, 0.25) is 0 Å². The summed E-state index contributed by atoms with van der Waals surface area (Å²) in [5.41, 5.74) is 2.07. The van der Waals surface area contributed by atoms with Crippen LogP contribution < -0.4 is 4.74 Å². The van der Waals surface area contributed by atoms with E-state index in [1.54, 1.807) is 6.08 Å². The van der Waals surface area contributed by atoms with Crippen LogP contribution in [0.25, 0.3) is 6.08 Å². The summed E-state index contributed by atoms with van der Waals surface area (Å²) in [4.78, 5) is 14.1. The van der Waals surface area contributed by atoms with Gasteiger partial charge in [0.25, 0.3) is 0 Å². The standard InChI is InChI=1S/C21H23NO3/c1-17-15-22(12-13-24-17)21(23)11-10-18-8-5-9-20(14-18)25-16-19-6-3-2-4-7-19/h2-11,14,17H,12-13,15-16H2,1H3/b11-10-/t17-/m0/s1. The lowest BCUT2D eigenvalue weighted by molar-refractivity contribution is -0.132. The Hall–Kier alpha value is -2.59. The molecule has 2 aromatic rings. The van der Waals surface area contributed by atoms with Crippen molar-refractivity contribution < 1.29 is 14.3 Å². The van der Waals surface area contributed by atoms with Gasteiger partial charge in [0.05, 0.1) is 12.7 Å². The lowest BCUT2D eigenvalue weighted by atomic mass is 10.2. The fourth-order valence-corrected chi connectivity index (χ4v) is 2.74. The van der Waals surface area contributed by atoms with E-state index in [1.165, 1.54) is 0 Å². The van der Waals surface area contributed by atoms with Gasteiger partial charge in [-0.15, -0.1) is 0 Å². The number of hydrogen-bond donors (Lipinski definition) is 0. The number of ether oxygens (including phenoxy) is 2. The van der Waals surface area contributed by atoms with E-state index in [0.717, 1.165) is 16.9 Å². The highest BCUT2D eigenvalue weighted by atomic mass is 16.5. The summed E-state index contributed by atoms with van der Waals surface area (Å²) in [6.07, 6.45) is 3.55. The van der Waals surface area contributed by atoms with Gasteiger partial charge in [-0.05, 0) is 36.3 Å². The summed E-state index contributed by atoms with van der Waals surface area (Å²) in [6, 6.07) is 17.8. The van der Waals surface area contributed by atoms with Gasteiger partial charge in [0, 0.05) is 19.2 Å². The number of morpholine rings is 1. The first-order chi connectivity index (χ1) is 12.2. The van der Waals surface area contributed by atoms with E-state index in [-0.39, 0.29) is 12.0 Å². The lowest BCUT2D eigenvalue weighted by Crippen LogP contribution is -2.43. The molecule has 25 heavy (non-hydrogen) atoms. The van der Waals surface area contributed by atoms with Crippen molar-refractivity contribution in [2.75, 3.05) is 19.7 Å². The summed E-state index contributed by atoms with van der Waals surface area (Å²) in [5.74, 6) is 0.809. The van der Waals surface area contributed by atoms with Gasteiger partial charge in [-0.3, -0.25) is 4.79 Å². The SMILES string of the molecule is C[C@H]1CN(C(=O)/C=C\c2cccc(OCc3ccccc3)c2)CCO1. The number of hydrogen-bond acceptors (Lipinski definition) is 3. The zero-order valence-corrected chi connectivity index (χ0v) is 14.4. The Morgan fingerprint density at radius 2 is 2.08 bits per heavy atom. The Balaban J connectivity index is 1.58. The first-order valence-electron chi connectivity index (χ1n) is 8.56. The van der Waals surface area contributed by atoms with Crippen molar-refractivity contribution in [3.8, 4) is 5.75 Å². The number of benzene rings is 2. The summed E-state index contributed by atoms with van der Waals surface area (Å²) in [6.45, 7) is 4.40. The molecular formula is C21H23NO3. The van der Waals surface area contributed by atoms with E-state index >= 15 is 0 Å². The maximum absolute atomic E-state index is 12.3. The second-order valence-corrected chi connectivity index (χ2v) is 6.15. The summed E-state index contributed by atoms with van der Waals surface area (Å²) in [5, 5.41) is 0. The molecule has 1 saturated heterocycles. The molecule has 0 N–H and O–H groups in total. The van der Waals surface area contributed by atoms with Crippen LogP contribution in [-0.2, 0) is 16.1 Å². The molecule has 0 saturated carbocycles. The Morgan fingerprint density at radius 3 is 2.88 bits per heavy atom. The van der Waals surface area contributed by atoms with E-state index in [2.05, 4.69) is 0 Å². The zero-order chi connectivity index (χ0) is 17.5. The second kappa shape index (κ2) is 8.49. The molecule has 1 aliphatic rings. The average Bonchev–Trinajstić information content (AvgIpc) is 2.66. The monoisotopic (exact) mass is 337 g/mol. The Kier molecular flexibility index (Phi) is 5.86. The molecular weight excluding hydrogens is 314 g/mol. The van der Waals surface area contributed by atoms with Crippen molar-refractivity contribution in [1.29, 1.82) is 0 Å². The van der Waals surface area contributed by atoms with Crippen LogP contribution in [0.4, 0.5) is 0 Å². The van der Waals surface area contributed by atoms with Gasteiger partial charge >= 0.3 is 0 Å². The first-order valence-corrected chi connectivity index (χ1v) is 8.56. The molecule has 0 spiro atoms. The minimum absolute atomic E-state index is 0.0192. The van der Waals surface area contributed by atoms with Crippen LogP contribution in [0.1, 0.15) is 18.1 Å². The van der Waals surface area contributed by atoms with Crippen molar-refractivity contribution in [3.63, 3.8) is 0 Å². The summed E-state index contributed by atoms with van der Waals surface area (Å²) < 4.78 is 11.3. The van der Waals surface area contributed by atoms with Crippen molar-refractivity contribution >= 4 is 12.0 Å². The molecule has 0 bridgehead atoms. The number of nitrogens with zero attached hydrogens (tertiary/aromatic N) is 1. The molecule has 130 valence electrons. The van der Waals surface area contributed by atoms with Gasteiger partial charge in [-0.1, -0.05) is 42.5 Å². The molecule has 1 heterocycles. The van der Waals surface area contributed by atoms with Crippen LogP contribution in [0.15, 0.2) is 60.7 Å². The average molecular weight is 337 g/mol. The zero-order valence-electron chi connectivity index (χ0n) is 14.4. The van der Waals surface area contributed by atoms with E-state index in [9.17, 15) is 4.79 Å². The van der Waals surface area contributed by atoms with E-state index in [0.29, 0.717) is 26.3 Å². The lowest BCUT2D eigenvalue weighted by Gasteiger charge is -2.30. The number of carbonyl (C=O) groups is 1. The van der Waals surface area contributed by atoms with E-state index < -0.39 is 0 Å². The maximum atomic E-state index is 12.3. The highest BCUT2D eigenvalue weighted by Crippen LogP contribution is 2.16. The van der Waals surface area contributed by atoms with Gasteiger partial charge in [0.1, 0.15) is 12.4 Å².